The first kappa shape index (κ1) is 13.0. The van der Waals surface area contributed by atoms with E-state index in [9.17, 15) is 4.79 Å². The summed E-state index contributed by atoms with van der Waals surface area (Å²) in [5.41, 5.74) is 0.626. The zero-order valence-corrected chi connectivity index (χ0v) is 11.1. The molecule has 1 rings (SSSR count). The van der Waals surface area contributed by atoms with E-state index in [0.717, 1.165) is 5.33 Å². The maximum atomic E-state index is 11.8. The van der Waals surface area contributed by atoms with Crippen LogP contribution >= 0.6 is 15.9 Å². The number of carbonyl (C=O) groups is 1. The van der Waals surface area contributed by atoms with Gasteiger partial charge in [0, 0.05) is 17.4 Å². The summed E-state index contributed by atoms with van der Waals surface area (Å²) in [6.45, 7) is 2.74. The van der Waals surface area contributed by atoms with Gasteiger partial charge >= 0.3 is 0 Å². The molecule has 0 aliphatic carbocycles. The summed E-state index contributed by atoms with van der Waals surface area (Å²) in [6.07, 6.45) is 0. The van der Waals surface area contributed by atoms with Crippen molar-refractivity contribution < 1.29 is 9.53 Å². The molecule has 0 spiro atoms. The summed E-state index contributed by atoms with van der Waals surface area (Å²) < 4.78 is 5.06. The van der Waals surface area contributed by atoms with Crippen LogP contribution in [0.1, 0.15) is 17.3 Å². The number of halogens is 1. The fourth-order valence-corrected chi connectivity index (χ4v) is 1.42. The molecule has 1 aromatic rings. The first-order valence-corrected chi connectivity index (χ1v) is 6.27. The number of benzene rings is 1. The molecule has 1 amide bonds. The molecular weight excluding hydrogens is 270 g/mol. The smallest absolute Gasteiger partial charge is 0.251 e. The highest BCUT2D eigenvalue weighted by molar-refractivity contribution is 9.09. The third kappa shape index (κ3) is 3.85. The molecule has 1 aromatic carbocycles. The van der Waals surface area contributed by atoms with Crippen LogP contribution in [0.2, 0.25) is 0 Å². The second kappa shape index (κ2) is 6.53. The molecule has 0 heterocycles. The molecule has 16 heavy (non-hydrogen) atoms. The predicted molar refractivity (Wildman–Crippen MR) is 68.3 cm³/mol. The van der Waals surface area contributed by atoms with Gasteiger partial charge in [0.15, 0.2) is 0 Å². The number of carbonyl (C=O) groups excluding carboxylic acids is 1. The standard InChI is InChI=1S/C12H16BrNO2/c1-9(7-13)8-14-12(15)10-4-3-5-11(6-10)16-2/h3-6,9H,7-8H2,1-2H3,(H,14,15). The molecule has 0 aromatic heterocycles. The molecule has 0 aliphatic rings. The van der Waals surface area contributed by atoms with Gasteiger partial charge in [-0.2, -0.15) is 0 Å². The maximum Gasteiger partial charge on any atom is 0.251 e. The molecular formula is C12H16BrNO2. The van der Waals surface area contributed by atoms with Gasteiger partial charge < -0.3 is 10.1 Å². The minimum absolute atomic E-state index is 0.0632. The van der Waals surface area contributed by atoms with Crippen molar-refractivity contribution in [3.8, 4) is 5.75 Å². The number of alkyl halides is 1. The van der Waals surface area contributed by atoms with Crippen LogP contribution in [0.3, 0.4) is 0 Å². The lowest BCUT2D eigenvalue weighted by Crippen LogP contribution is -2.28. The van der Waals surface area contributed by atoms with E-state index in [1.807, 2.05) is 12.1 Å². The third-order valence-electron chi connectivity index (χ3n) is 2.21. The number of hydrogen-bond donors (Lipinski definition) is 1. The molecule has 1 unspecified atom stereocenters. The zero-order valence-electron chi connectivity index (χ0n) is 9.50. The average molecular weight is 286 g/mol. The molecule has 0 saturated carbocycles. The second-order valence-electron chi connectivity index (χ2n) is 3.70. The lowest BCUT2D eigenvalue weighted by molar-refractivity contribution is 0.0949. The highest BCUT2D eigenvalue weighted by Crippen LogP contribution is 2.12. The quantitative estimate of drug-likeness (QED) is 0.844. The van der Waals surface area contributed by atoms with Crippen molar-refractivity contribution in [2.45, 2.75) is 6.92 Å². The number of nitrogens with one attached hydrogen (secondary N) is 1. The summed E-state index contributed by atoms with van der Waals surface area (Å²) in [4.78, 5) is 11.8. The van der Waals surface area contributed by atoms with Gasteiger partial charge in [0.2, 0.25) is 0 Å². The van der Waals surface area contributed by atoms with Crippen molar-refractivity contribution >= 4 is 21.8 Å². The summed E-state index contributed by atoms with van der Waals surface area (Å²) in [5.74, 6) is 1.06. The molecule has 0 saturated heterocycles. The third-order valence-corrected chi connectivity index (χ3v) is 3.31. The minimum Gasteiger partial charge on any atom is -0.497 e. The maximum absolute atomic E-state index is 11.8. The van der Waals surface area contributed by atoms with Crippen LogP contribution < -0.4 is 10.1 Å². The molecule has 4 heteroatoms. The Morgan fingerprint density at radius 2 is 2.31 bits per heavy atom. The van der Waals surface area contributed by atoms with Crippen molar-refractivity contribution in [3.63, 3.8) is 0 Å². The monoisotopic (exact) mass is 285 g/mol. The van der Waals surface area contributed by atoms with E-state index in [1.54, 1.807) is 19.2 Å². The van der Waals surface area contributed by atoms with E-state index < -0.39 is 0 Å². The minimum atomic E-state index is -0.0632. The van der Waals surface area contributed by atoms with Crippen molar-refractivity contribution in [1.82, 2.24) is 5.32 Å². The topological polar surface area (TPSA) is 38.3 Å². The fraction of sp³-hybridized carbons (Fsp3) is 0.417. The Morgan fingerprint density at radius 1 is 1.56 bits per heavy atom. The highest BCUT2D eigenvalue weighted by Gasteiger charge is 2.07. The lowest BCUT2D eigenvalue weighted by Gasteiger charge is -2.10. The SMILES string of the molecule is COc1cccc(C(=O)NCC(C)CBr)c1. The van der Waals surface area contributed by atoms with Crippen LogP contribution in [0.4, 0.5) is 0 Å². The number of methoxy groups -OCH3 is 1. The predicted octanol–water partition coefficient (Wildman–Crippen LogP) is 2.46. The van der Waals surface area contributed by atoms with Gasteiger partial charge in [-0.25, -0.2) is 0 Å². The summed E-state index contributed by atoms with van der Waals surface area (Å²) in [6, 6.07) is 7.13. The van der Waals surface area contributed by atoms with Gasteiger partial charge in [-0.3, -0.25) is 4.79 Å². The molecule has 3 nitrogen and oxygen atoms in total. The number of rotatable bonds is 5. The Morgan fingerprint density at radius 3 is 2.94 bits per heavy atom. The molecule has 0 fully saturated rings. The van der Waals surface area contributed by atoms with Crippen LogP contribution in [0.25, 0.3) is 0 Å². The Kier molecular flexibility index (Phi) is 5.32. The Labute approximate surface area is 104 Å². The normalized spacial score (nSPS) is 11.9. The van der Waals surface area contributed by atoms with Crippen LogP contribution in [-0.4, -0.2) is 24.9 Å². The van der Waals surface area contributed by atoms with E-state index in [0.29, 0.717) is 23.8 Å². The van der Waals surface area contributed by atoms with Gasteiger partial charge in [-0.05, 0) is 24.1 Å². The zero-order chi connectivity index (χ0) is 12.0. The molecule has 0 radical (unpaired) electrons. The largest absolute Gasteiger partial charge is 0.497 e. The molecule has 1 N–H and O–H groups in total. The lowest BCUT2D eigenvalue weighted by atomic mass is 10.2. The van der Waals surface area contributed by atoms with Crippen molar-refractivity contribution in [3.05, 3.63) is 29.8 Å². The molecule has 1 atom stereocenters. The number of hydrogen-bond acceptors (Lipinski definition) is 2. The molecule has 0 bridgehead atoms. The fourth-order valence-electron chi connectivity index (χ4n) is 1.19. The van der Waals surface area contributed by atoms with Crippen LogP contribution in [0, 0.1) is 5.92 Å². The summed E-state index contributed by atoms with van der Waals surface area (Å²) >= 11 is 3.37. The molecule has 0 aliphatic heterocycles. The van der Waals surface area contributed by atoms with Crippen molar-refractivity contribution in [1.29, 1.82) is 0 Å². The van der Waals surface area contributed by atoms with E-state index in [1.165, 1.54) is 0 Å². The first-order valence-electron chi connectivity index (χ1n) is 5.15. The van der Waals surface area contributed by atoms with Gasteiger partial charge in [-0.1, -0.05) is 28.9 Å². The Balaban J connectivity index is 2.58. The van der Waals surface area contributed by atoms with Gasteiger partial charge in [0.05, 0.1) is 7.11 Å². The molecule has 88 valence electrons. The van der Waals surface area contributed by atoms with Crippen LogP contribution in [0.5, 0.6) is 5.75 Å². The summed E-state index contributed by atoms with van der Waals surface area (Å²) in [5, 5.41) is 3.76. The van der Waals surface area contributed by atoms with Crippen LogP contribution in [-0.2, 0) is 0 Å². The van der Waals surface area contributed by atoms with Gasteiger partial charge in [-0.15, -0.1) is 0 Å². The van der Waals surface area contributed by atoms with Crippen molar-refractivity contribution in [2.24, 2.45) is 5.92 Å². The van der Waals surface area contributed by atoms with Gasteiger partial charge in [0.25, 0.3) is 5.91 Å². The highest BCUT2D eigenvalue weighted by atomic mass is 79.9. The van der Waals surface area contributed by atoms with Crippen LogP contribution in [0.15, 0.2) is 24.3 Å². The Bertz CT molecular complexity index is 355. The number of ether oxygens (including phenoxy) is 1. The van der Waals surface area contributed by atoms with E-state index in [4.69, 9.17) is 4.74 Å². The van der Waals surface area contributed by atoms with Crippen molar-refractivity contribution in [2.75, 3.05) is 19.0 Å². The number of amides is 1. The van der Waals surface area contributed by atoms with E-state index >= 15 is 0 Å². The van der Waals surface area contributed by atoms with E-state index in [-0.39, 0.29) is 5.91 Å². The first-order chi connectivity index (χ1) is 7.67. The second-order valence-corrected chi connectivity index (χ2v) is 4.35. The van der Waals surface area contributed by atoms with Gasteiger partial charge in [0.1, 0.15) is 5.75 Å². The van der Waals surface area contributed by atoms with E-state index in [2.05, 4.69) is 28.2 Å². The summed E-state index contributed by atoms with van der Waals surface area (Å²) in [7, 11) is 1.59. The Hall–Kier alpha value is -1.03. The average Bonchev–Trinajstić information content (AvgIpc) is 2.35.